The molecule has 0 bridgehead atoms. The fraction of sp³-hybridized carbons (Fsp3) is 0.333. The highest BCUT2D eigenvalue weighted by Crippen LogP contribution is 2.17. The molecule has 20 heavy (non-hydrogen) atoms. The van der Waals surface area contributed by atoms with Crippen molar-refractivity contribution >= 4 is 0 Å². The summed E-state index contributed by atoms with van der Waals surface area (Å²) in [5.41, 5.74) is 2.32. The highest BCUT2D eigenvalue weighted by atomic mass is 16.5. The normalized spacial score (nSPS) is 11.8. The zero-order valence-electron chi connectivity index (χ0n) is 11.5. The van der Waals surface area contributed by atoms with Crippen molar-refractivity contribution in [2.24, 2.45) is 0 Å². The van der Waals surface area contributed by atoms with Crippen LogP contribution in [0, 0.1) is 11.3 Å². The second-order valence-corrected chi connectivity index (χ2v) is 4.52. The second kappa shape index (κ2) is 7.31. The monoisotopic (exact) mass is 270 g/mol. The summed E-state index contributed by atoms with van der Waals surface area (Å²) in [7, 11) is 0. The molecule has 0 fully saturated rings. The zero-order chi connectivity index (χ0) is 14.2. The van der Waals surface area contributed by atoms with Gasteiger partial charge in [0, 0.05) is 30.9 Å². The van der Waals surface area contributed by atoms with Crippen LogP contribution in [-0.2, 0) is 6.42 Å². The standard InChI is InChI=1S/C15H18N4O/c1-12(18-8-6-14-10-17-11-19-14)13-2-4-15(5-3-13)20-9-7-16/h2-5,10-12,18H,6,8-9H2,1H3,(H,17,19). The Hall–Kier alpha value is -2.32. The van der Waals surface area contributed by atoms with Crippen molar-refractivity contribution in [1.82, 2.24) is 15.3 Å². The Balaban J connectivity index is 1.79. The van der Waals surface area contributed by atoms with Crippen LogP contribution in [0.3, 0.4) is 0 Å². The van der Waals surface area contributed by atoms with Crippen LogP contribution in [0.25, 0.3) is 0 Å². The molecule has 1 unspecified atom stereocenters. The Kier molecular flexibility index (Phi) is 5.15. The maximum atomic E-state index is 8.45. The van der Waals surface area contributed by atoms with Gasteiger partial charge in [-0.25, -0.2) is 4.98 Å². The number of ether oxygens (including phenoxy) is 1. The predicted molar refractivity (Wildman–Crippen MR) is 76.3 cm³/mol. The summed E-state index contributed by atoms with van der Waals surface area (Å²) < 4.78 is 5.23. The lowest BCUT2D eigenvalue weighted by atomic mass is 10.1. The summed E-state index contributed by atoms with van der Waals surface area (Å²) in [6.07, 6.45) is 4.46. The molecule has 1 heterocycles. The molecule has 2 N–H and O–H groups in total. The van der Waals surface area contributed by atoms with E-state index in [9.17, 15) is 0 Å². The maximum Gasteiger partial charge on any atom is 0.174 e. The van der Waals surface area contributed by atoms with E-state index in [4.69, 9.17) is 10.00 Å². The Morgan fingerprint density at radius 1 is 1.40 bits per heavy atom. The van der Waals surface area contributed by atoms with Crippen LogP contribution < -0.4 is 10.1 Å². The van der Waals surface area contributed by atoms with Gasteiger partial charge in [-0.1, -0.05) is 12.1 Å². The van der Waals surface area contributed by atoms with Crippen molar-refractivity contribution in [2.45, 2.75) is 19.4 Å². The molecule has 1 aromatic heterocycles. The molecule has 0 amide bonds. The smallest absolute Gasteiger partial charge is 0.174 e. The SMILES string of the molecule is CC(NCCc1cnc[nH]1)c1ccc(OCC#N)cc1. The van der Waals surface area contributed by atoms with Gasteiger partial charge >= 0.3 is 0 Å². The Morgan fingerprint density at radius 3 is 2.85 bits per heavy atom. The number of nitrogens with zero attached hydrogens (tertiary/aromatic N) is 2. The largest absolute Gasteiger partial charge is 0.479 e. The number of aromatic amines is 1. The number of rotatable bonds is 7. The van der Waals surface area contributed by atoms with Gasteiger partial charge in [-0.05, 0) is 24.6 Å². The van der Waals surface area contributed by atoms with Crippen LogP contribution in [0.5, 0.6) is 5.75 Å². The summed E-state index contributed by atoms with van der Waals surface area (Å²) in [5.74, 6) is 0.722. The molecule has 0 saturated carbocycles. The molecule has 104 valence electrons. The number of nitriles is 1. The summed E-state index contributed by atoms with van der Waals surface area (Å²) >= 11 is 0. The zero-order valence-corrected chi connectivity index (χ0v) is 11.5. The van der Waals surface area contributed by atoms with Crippen molar-refractivity contribution in [1.29, 1.82) is 5.26 Å². The van der Waals surface area contributed by atoms with Gasteiger partial charge in [0.1, 0.15) is 11.8 Å². The van der Waals surface area contributed by atoms with E-state index in [0.717, 1.165) is 24.4 Å². The Labute approximate surface area is 118 Å². The Morgan fingerprint density at radius 2 is 2.20 bits per heavy atom. The third kappa shape index (κ3) is 4.11. The molecule has 1 atom stereocenters. The van der Waals surface area contributed by atoms with Gasteiger partial charge in [0.05, 0.1) is 6.33 Å². The van der Waals surface area contributed by atoms with E-state index in [1.807, 2.05) is 36.5 Å². The maximum absolute atomic E-state index is 8.45. The number of hydrogen-bond acceptors (Lipinski definition) is 4. The first-order chi connectivity index (χ1) is 9.79. The lowest BCUT2D eigenvalue weighted by Gasteiger charge is -2.14. The Bertz CT molecular complexity index is 542. The fourth-order valence-electron chi connectivity index (χ4n) is 1.93. The average Bonchev–Trinajstić information content (AvgIpc) is 2.99. The molecule has 0 radical (unpaired) electrons. The van der Waals surface area contributed by atoms with E-state index < -0.39 is 0 Å². The molecule has 0 spiro atoms. The van der Waals surface area contributed by atoms with E-state index in [1.54, 1.807) is 6.33 Å². The molecular formula is C15H18N4O. The molecule has 1 aromatic carbocycles. The van der Waals surface area contributed by atoms with Crippen molar-refractivity contribution in [3.63, 3.8) is 0 Å². The van der Waals surface area contributed by atoms with Gasteiger partial charge in [-0.2, -0.15) is 5.26 Å². The third-order valence-electron chi connectivity index (χ3n) is 3.08. The first-order valence-corrected chi connectivity index (χ1v) is 6.60. The molecule has 5 heteroatoms. The number of hydrogen-bond donors (Lipinski definition) is 2. The van der Waals surface area contributed by atoms with Crippen molar-refractivity contribution < 1.29 is 4.74 Å². The van der Waals surface area contributed by atoms with Crippen molar-refractivity contribution in [3.05, 3.63) is 48.0 Å². The average molecular weight is 270 g/mol. The minimum Gasteiger partial charge on any atom is -0.479 e. The molecule has 5 nitrogen and oxygen atoms in total. The molecule has 0 saturated heterocycles. The van der Waals surface area contributed by atoms with Gasteiger partial charge in [-0.15, -0.1) is 0 Å². The van der Waals surface area contributed by atoms with E-state index in [0.29, 0.717) is 0 Å². The highest BCUT2D eigenvalue weighted by molar-refractivity contribution is 5.29. The number of H-pyrrole nitrogens is 1. The van der Waals surface area contributed by atoms with E-state index in [-0.39, 0.29) is 12.6 Å². The summed E-state index contributed by atoms with van der Waals surface area (Å²) in [6, 6.07) is 10.0. The van der Waals surface area contributed by atoms with Crippen molar-refractivity contribution in [3.8, 4) is 11.8 Å². The van der Waals surface area contributed by atoms with Crippen LogP contribution in [0.15, 0.2) is 36.8 Å². The van der Waals surface area contributed by atoms with Crippen LogP contribution >= 0.6 is 0 Å². The molecule has 0 aliphatic rings. The topological polar surface area (TPSA) is 73.7 Å². The van der Waals surface area contributed by atoms with Gasteiger partial charge < -0.3 is 15.0 Å². The number of imidazole rings is 1. The summed E-state index contributed by atoms with van der Waals surface area (Å²) in [4.78, 5) is 7.08. The van der Waals surface area contributed by atoms with Crippen LogP contribution in [0.2, 0.25) is 0 Å². The molecule has 0 aliphatic heterocycles. The highest BCUT2D eigenvalue weighted by Gasteiger charge is 2.05. The minimum absolute atomic E-state index is 0.0807. The number of benzene rings is 1. The predicted octanol–water partition coefficient (Wildman–Crippen LogP) is 2.21. The van der Waals surface area contributed by atoms with Crippen LogP contribution in [-0.4, -0.2) is 23.1 Å². The van der Waals surface area contributed by atoms with Crippen molar-refractivity contribution in [2.75, 3.05) is 13.2 Å². The lowest BCUT2D eigenvalue weighted by molar-refractivity contribution is 0.368. The van der Waals surface area contributed by atoms with Gasteiger partial charge in [-0.3, -0.25) is 0 Å². The van der Waals surface area contributed by atoms with Gasteiger partial charge in [0.15, 0.2) is 6.61 Å². The van der Waals surface area contributed by atoms with Crippen LogP contribution in [0.1, 0.15) is 24.2 Å². The minimum atomic E-state index is 0.0807. The molecule has 2 rings (SSSR count). The van der Waals surface area contributed by atoms with E-state index >= 15 is 0 Å². The first kappa shape index (κ1) is 14.1. The first-order valence-electron chi connectivity index (χ1n) is 6.60. The van der Waals surface area contributed by atoms with E-state index in [1.165, 1.54) is 5.56 Å². The molecule has 2 aromatic rings. The molecule has 0 aliphatic carbocycles. The van der Waals surface area contributed by atoms with Gasteiger partial charge in [0.2, 0.25) is 0 Å². The summed E-state index contributed by atoms with van der Waals surface area (Å²) in [6.45, 7) is 3.09. The number of nitrogens with one attached hydrogen (secondary N) is 2. The molecular weight excluding hydrogens is 252 g/mol. The quantitative estimate of drug-likeness (QED) is 0.809. The third-order valence-corrected chi connectivity index (χ3v) is 3.08. The van der Waals surface area contributed by atoms with Crippen LogP contribution in [0.4, 0.5) is 0 Å². The lowest BCUT2D eigenvalue weighted by Crippen LogP contribution is -2.21. The van der Waals surface area contributed by atoms with E-state index in [2.05, 4.69) is 22.2 Å². The van der Waals surface area contributed by atoms with Gasteiger partial charge in [0.25, 0.3) is 0 Å². The summed E-state index contributed by atoms with van der Waals surface area (Å²) in [5, 5.41) is 11.9. The fourth-order valence-corrected chi connectivity index (χ4v) is 1.93. The second-order valence-electron chi connectivity index (χ2n) is 4.52. The number of aromatic nitrogens is 2.